The Balaban J connectivity index is 2.08. The van der Waals surface area contributed by atoms with Gasteiger partial charge in [0.15, 0.2) is 0 Å². The van der Waals surface area contributed by atoms with Crippen molar-refractivity contribution in [1.29, 1.82) is 0 Å². The molecule has 1 atom stereocenters. The third kappa shape index (κ3) is 2.88. The highest BCUT2D eigenvalue weighted by Crippen LogP contribution is 2.25. The molecule has 2 N–H and O–H groups in total. The number of rotatable bonds is 4. The van der Waals surface area contributed by atoms with Gasteiger partial charge in [-0.2, -0.15) is 0 Å². The van der Waals surface area contributed by atoms with Gasteiger partial charge in [0.25, 0.3) is 5.69 Å². The molecular weight excluding hydrogens is 304 g/mol. The Labute approximate surface area is 140 Å². The monoisotopic (exact) mass is 324 g/mol. The molecule has 0 aliphatic rings. The predicted molar refractivity (Wildman–Crippen MR) is 94.0 cm³/mol. The van der Waals surface area contributed by atoms with E-state index >= 15 is 0 Å². The first-order valence-corrected chi connectivity index (χ1v) is 7.83. The summed E-state index contributed by atoms with van der Waals surface area (Å²) in [6.07, 6.45) is 0. The summed E-state index contributed by atoms with van der Waals surface area (Å²) in [6, 6.07) is 10.6. The maximum atomic E-state index is 10.8. The van der Waals surface area contributed by atoms with E-state index in [1.807, 2.05) is 6.92 Å². The molecule has 0 aliphatic heterocycles. The summed E-state index contributed by atoms with van der Waals surface area (Å²) >= 11 is 0. The average molecular weight is 324 g/mol. The van der Waals surface area contributed by atoms with Crippen molar-refractivity contribution in [1.82, 2.24) is 9.55 Å². The molecule has 124 valence electrons. The van der Waals surface area contributed by atoms with Crippen molar-refractivity contribution in [3.63, 3.8) is 0 Å². The number of imidazole rings is 1. The maximum Gasteiger partial charge on any atom is 0.269 e. The van der Waals surface area contributed by atoms with Crippen LogP contribution in [0, 0.1) is 24.0 Å². The molecule has 1 heterocycles. The lowest BCUT2D eigenvalue weighted by Crippen LogP contribution is -2.14. The lowest BCUT2D eigenvalue weighted by molar-refractivity contribution is -0.384. The summed E-state index contributed by atoms with van der Waals surface area (Å²) in [4.78, 5) is 15.1. The number of nitro benzene ring substituents is 1. The standard InChI is InChI=1S/C18H20N4O2/c1-11-8-16-17(9-12(11)2)21(18(20-16)13(3)19)10-14-4-6-15(7-5-14)22(23)24/h4-9,13H,10,19H2,1-3H3. The van der Waals surface area contributed by atoms with E-state index in [1.165, 1.54) is 23.3 Å². The van der Waals surface area contributed by atoms with Crippen LogP contribution in [0.25, 0.3) is 11.0 Å². The topological polar surface area (TPSA) is 87.0 Å². The molecule has 1 aromatic heterocycles. The van der Waals surface area contributed by atoms with Crippen molar-refractivity contribution in [2.75, 3.05) is 0 Å². The molecule has 0 fully saturated rings. The maximum absolute atomic E-state index is 10.8. The summed E-state index contributed by atoms with van der Waals surface area (Å²) in [7, 11) is 0. The van der Waals surface area contributed by atoms with E-state index in [2.05, 4.69) is 35.5 Å². The Morgan fingerprint density at radius 1 is 1.21 bits per heavy atom. The molecular formula is C18H20N4O2. The Hall–Kier alpha value is -2.73. The molecule has 0 saturated carbocycles. The minimum absolute atomic E-state index is 0.0909. The smallest absolute Gasteiger partial charge is 0.269 e. The van der Waals surface area contributed by atoms with E-state index in [9.17, 15) is 10.1 Å². The van der Waals surface area contributed by atoms with Gasteiger partial charge in [0.2, 0.25) is 0 Å². The molecule has 0 bridgehead atoms. The van der Waals surface area contributed by atoms with E-state index in [4.69, 9.17) is 5.73 Å². The largest absolute Gasteiger partial charge is 0.322 e. The molecule has 0 aliphatic carbocycles. The van der Waals surface area contributed by atoms with Crippen LogP contribution in [0.2, 0.25) is 0 Å². The quantitative estimate of drug-likeness (QED) is 0.586. The third-order valence-electron chi connectivity index (χ3n) is 4.29. The van der Waals surface area contributed by atoms with Gasteiger partial charge in [-0.05, 0) is 49.6 Å². The van der Waals surface area contributed by atoms with E-state index < -0.39 is 4.92 Å². The average Bonchev–Trinajstić information content (AvgIpc) is 2.86. The van der Waals surface area contributed by atoms with Gasteiger partial charge < -0.3 is 10.3 Å². The number of hydrogen-bond donors (Lipinski definition) is 1. The highest BCUT2D eigenvalue weighted by Gasteiger charge is 2.15. The molecule has 2 aromatic carbocycles. The second-order valence-electron chi connectivity index (χ2n) is 6.19. The molecule has 6 heteroatoms. The number of nitro groups is 1. The number of benzene rings is 2. The van der Waals surface area contributed by atoms with Gasteiger partial charge in [0, 0.05) is 18.7 Å². The van der Waals surface area contributed by atoms with Crippen LogP contribution in [0.3, 0.4) is 0 Å². The van der Waals surface area contributed by atoms with Crippen LogP contribution in [0.5, 0.6) is 0 Å². The van der Waals surface area contributed by atoms with Crippen LogP contribution in [0.4, 0.5) is 5.69 Å². The minimum atomic E-state index is -0.393. The van der Waals surface area contributed by atoms with E-state index in [-0.39, 0.29) is 11.7 Å². The summed E-state index contributed by atoms with van der Waals surface area (Å²) in [5, 5.41) is 10.8. The van der Waals surface area contributed by atoms with Gasteiger partial charge in [-0.25, -0.2) is 4.98 Å². The lowest BCUT2D eigenvalue weighted by Gasteiger charge is -2.12. The SMILES string of the molecule is Cc1cc2nc(C(C)N)n(Cc3ccc([N+](=O)[O-])cc3)c2cc1C. The van der Waals surface area contributed by atoms with Crippen LogP contribution >= 0.6 is 0 Å². The van der Waals surface area contributed by atoms with Crippen LogP contribution in [0.15, 0.2) is 36.4 Å². The normalized spacial score (nSPS) is 12.5. The number of nitrogens with zero attached hydrogens (tertiary/aromatic N) is 3. The first kappa shape index (κ1) is 16.1. The van der Waals surface area contributed by atoms with Crippen molar-refractivity contribution < 1.29 is 4.92 Å². The first-order chi connectivity index (χ1) is 11.4. The fourth-order valence-electron chi connectivity index (χ4n) is 2.82. The molecule has 0 saturated heterocycles. The van der Waals surface area contributed by atoms with Gasteiger partial charge in [0.05, 0.1) is 22.0 Å². The van der Waals surface area contributed by atoms with Crippen molar-refractivity contribution in [2.24, 2.45) is 5.73 Å². The number of non-ortho nitro benzene ring substituents is 1. The second-order valence-corrected chi connectivity index (χ2v) is 6.19. The molecule has 0 radical (unpaired) electrons. The van der Waals surface area contributed by atoms with E-state index in [0.29, 0.717) is 6.54 Å². The van der Waals surface area contributed by atoms with Crippen molar-refractivity contribution in [2.45, 2.75) is 33.4 Å². The van der Waals surface area contributed by atoms with E-state index in [0.717, 1.165) is 22.4 Å². The zero-order chi connectivity index (χ0) is 17.4. The number of nitrogens with two attached hydrogens (primary N) is 1. The van der Waals surface area contributed by atoms with Crippen molar-refractivity contribution in [3.8, 4) is 0 Å². The molecule has 6 nitrogen and oxygen atoms in total. The van der Waals surface area contributed by atoms with Gasteiger partial charge in [-0.15, -0.1) is 0 Å². The lowest BCUT2D eigenvalue weighted by atomic mass is 10.1. The fraction of sp³-hybridized carbons (Fsp3) is 0.278. The minimum Gasteiger partial charge on any atom is -0.322 e. The number of fused-ring (bicyclic) bond motifs is 1. The Morgan fingerprint density at radius 2 is 1.83 bits per heavy atom. The van der Waals surface area contributed by atoms with Crippen LogP contribution < -0.4 is 5.73 Å². The van der Waals surface area contributed by atoms with Gasteiger partial charge in [0.1, 0.15) is 5.82 Å². The third-order valence-corrected chi connectivity index (χ3v) is 4.29. The number of aryl methyl sites for hydroxylation is 2. The number of aromatic nitrogens is 2. The predicted octanol–water partition coefficient (Wildman–Crippen LogP) is 3.63. The van der Waals surface area contributed by atoms with Crippen molar-refractivity contribution >= 4 is 16.7 Å². The highest BCUT2D eigenvalue weighted by atomic mass is 16.6. The summed E-state index contributed by atoms with van der Waals surface area (Å²) in [5.74, 6) is 0.813. The van der Waals surface area contributed by atoms with Crippen LogP contribution in [-0.2, 0) is 6.54 Å². The van der Waals surface area contributed by atoms with Gasteiger partial charge in [-0.1, -0.05) is 12.1 Å². The molecule has 24 heavy (non-hydrogen) atoms. The zero-order valence-corrected chi connectivity index (χ0v) is 14.0. The Bertz CT molecular complexity index is 911. The van der Waals surface area contributed by atoms with Crippen LogP contribution in [-0.4, -0.2) is 14.5 Å². The molecule has 0 spiro atoms. The van der Waals surface area contributed by atoms with Gasteiger partial charge >= 0.3 is 0 Å². The van der Waals surface area contributed by atoms with E-state index in [1.54, 1.807) is 12.1 Å². The highest BCUT2D eigenvalue weighted by molar-refractivity contribution is 5.78. The van der Waals surface area contributed by atoms with Crippen LogP contribution in [0.1, 0.15) is 35.5 Å². The zero-order valence-electron chi connectivity index (χ0n) is 14.0. The Morgan fingerprint density at radius 3 is 2.42 bits per heavy atom. The Kier molecular flexibility index (Phi) is 4.07. The van der Waals surface area contributed by atoms with Crippen molar-refractivity contribution in [3.05, 3.63) is 69.0 Å². The summed E-state index contributed by atoms with van der Waals surface area (Å²) in [6.45, 7) is 6.63. The molecule has 3 aromatic rings. The fourth-order valence-corrected chi connectivity index (χ4v) is 2.82. The number of hydrogen-bond acceptors (Lipinski definition) is 4. The summed E-state index contributed by atoms with van der Waals surface area (Å²) < 4.78 is 2.09. The van der Waals surface area contributed by atoms with Gasteiger partial charge in [-0.3, -0.25) is 10.1 Å². The first-order valence-electron chi connectivity index (χ1n) is 7.83. The molecule has 1 unspecified atom stereocenters. The summed E-state index contributed by atoms with van der Waals surface area (Å²) in [5.41, 5.74) is 11.5. The molecule has 3 rings (SSSR count). The second kappa shape index (κ2) is 6.05. The molecule has 0 amide bonds.